The zero-order valence-corrected chi connectivity index (χ0v) is 14.1. The van der Waals surface area contributed by atoms with Crippen LogP contribution in [0.5, 0.6) is 0 Å². The van der Waals surface area contributed by atoms with E-state index in [1.54, 1.807) is 11.3 Å². The van der Waals surface area contributed by atoms with E-state index in [9.17, 15) is 8.42 Å². The van der Waals surface area contributed by atoms with Gasteiger partial charge in [0.1, 0.15) is 0 Å². The number of fused-ring (bicyclic) bond motifs is 1. The SMILES string of the molecule is CS(=O)(=O)NCCC1CN(Cc2cccs2)Cc2cncn21. The molecular formula is C14H20N4O2S2. The molecule has 0 aromatic carbocycles. The summed E-state index contributed by atoms with van der Waals surface area (Å²) in [6.45, 7) is 3.17. The van der Waals surface area contributed by atoms with Crippen LogP contribution in [0.15, 0.2) is 30.0 Å². The lowest BCUT2D eigenvalue weighted by molar-refractivity contribution is 0.173. The highest BCUT2D eigenvalue weighted by atomic mass is 32.2. The number of sulfonamides is 1. The average Bonchev–Trinajstić information content (AvgIpc) is 3.08. The minimum atomic E-state index is -3.13. The molecular weight excluding hydrogens is 320 g/mol. The molecule has 2 aromatic rings. The Bertz CT molecular complexity index is 709. The largest absolute Gasteiger partial charge is 0.329 e. The molecule has 1 aliphatic rings. The summed E-state index contributed by atoms with van der Waals surface area (Å²) in [4.78, 5) is 7.99. The minimum absolute atomic E-state index is 0.250. The number of nitrogens with zero attached hydrogens (tertiary/aromatic N) is 3. The third-order valence-electron chi connectivity index (χ3n) is 3.80. The number of rotatable bonds is 6. The van der Waals surface area contributed by atoms with Crippen LogP contribution < -0.4 is 4.72 Å². The van der Waals surface area contributed by atoms with Gasteiger partial charge in [-0.25, -0.2) is 18.1 Å². The van der Waals surface area contributed by atoms with E-state index in [0.717, 1.165) is 26.1 Å². The fourth-order valence-corrected chi connectivity index (χ4v) is 4.08. The molecule has 1 N–H and O–H groups in total. The number of hydrogen-bond acceptors (Lipinski definition) is 5. The molecule has 2 aromatic heterocycles. The van der Waals surface area contributed by atoms with Gasteiger partial charge < -0.3 is 4.57 Å². The molecule has 0 fully saturated rings. The van der Waals surface area contributed by atoms with Gasteiger partial charge in [-0.1, -0.05) is 6.07 Å². The molecule has 0 saturated carbocycles. The summed E-state index contributed by atoms with van der Waals surface area (Å²) in [6.07, 6.45) is 5.71. The molecule has 120 valence electrons. The van der Waals surface area contributed by atoms with E-state index in [4.69, 9.17) is 0 Å². The standard InChI is InChI=1S/C14H20N4O2S2/c1-22(19,20)16-5-4-12-8-17(10-14-3-2-6-21-14)9-13-7-15-11-18(12)13/h2-3,6-7,11-12,16H,4-5,8-10H2,1H3. The smallest absolute Gasteiger partial charge is 0.208 e. The normalized spacial score (nSPS) is 19.2. The van der Waals surface area contributed by atoms with Crippen LogP contribution in [-0.2, 0) is 23.1 Å². The summed E-state index contributed by atoms with van der Waals surface area (Å²) in [7, 11) is -3.13. The van der Waals surface area contributed by atoms with Crippen LogP contribution in [0.25, 0.3) is 0 Å². The highest BCUT2D eigenvalue weighted by Crippen LogP contribution is 2.25. The van der Waals surface area contributed by atoms with E-state index >= 15 is 0 Å². The maximum absolute atomic E-state index is 11.2. The second-order valence-corrected chi connectivity index (χ2v) is 8.52. The number of thiophene rings is 1. The van der Waals surface area contributed by atoms with Gasteiger partial charge in [0.2, 0.25) is 10.0 Å². The number of aromatic nitrogens is 2. The number of imidazole rings is 1. The molecule has 3 heterocycles. The second kappa shape index (κ2) is 6.49. The summed E-state index contributed by atoms with van der Waals surface area (Å²) < 4.78 is 27.2. The Balaban J connectivity index is 1.66. The maximum atomic E-state index is 11.2. The van der Waals surface area contributed by atoms with Crippen LogP contribution in [0.4, 0.5) is 0 Å². The van der Waals surface area contributed by atoms with Gasteiger partial charge in [-0.2, -0.15) is 0 Å². The van der Waals surface area contributed by atoms with Gasteiger partial charge in [-0.3, -0.25) is 4.90 Å². The van der Waals surface area contributed by atoms with Crippen molar-refractivity contribution in [3.63, 3.8) is 0 Å². The molecule has 0 radical (unpaired) electrons. The lowest BCUT2D eigenvalue weighted by Crippen LogP contribution is -2.38. The Morgan fingerprint density at radius 1 is 1.50 bits per heavy atom. The maximum Gasteiger partial charge on any atom is 0.208 e. The first-order chi connectivity index (χ1) is 10.5. The van der Waals surface area contributed by atoms with Crippen LogP contribution in [0.3, 0.4) is 0 Å². The van der Waals surface area contributed by atoms with E-state index in [2.05, 4.69) is 36.7 Å². The molecule has 0 spiro atoms. The zero-order chi connectivity index (χ0) is 15.6. The predicted molar refractivity (Wildman–Crippen MR) is 87.2 cm³/mol. The van der Waals surface area contributed by atoms with Gasteiger partial charge in [0.05, 0.1) is 18.3 Å². The Kier molecular flexibility index (Phi) is 4.62. The molecule has 0 saturated heterocycles. The number of hydrogen-bond donors (Lipinski definition) is 1. The highest BCUT2D eigenvalue weighted by Gasteiger charge is 2.25. The first-order valence-electron chi connectivity index (χ1n) is 7.21. The van der Waals surface area contributed by atoms with Gasteiger partial charge in [-0.15, -0.1) is 11.3 Å². The van der Waals surface area contributed by atoms with Crippen LogP contribution in [0.2, 0.25) is 0 Å². The monoisotopic (exact) mass is 340 g/mol. The second-order valence-electron chi connectivity index (χ2n) is 5.65. The van der Waals surface area contributed by atoms with Crippen molar-refractivity contribution in [2.45, 2.75) is 25.6 Å². The third-order valence-corrected chi connectivity index (χ3v) is 5.39. The first-order valence-corrected chi connectivity index (χ1v) is 9.98. The van der Waals surface area contributed by atoms with E-state index in [1.807, 2.05) is 12.5 Å². The minimum Gasteiger partial charge on any atom is -0.329 e. The molecule has 0 bridgehead atoms. The zero-order valence-electron chi connectivity index (χ0n) is 12.5. The van der Waals surface area contributed by atoms with Crippen molar-refractivity contribution in [2.24, 2.45) is 0 Å². The molecule has 22 heavy (non-hydrogen) atoms. The first kappa shape index (κ1) is 15.7. The van der Waals surface area contributed by atoms with Gasteiger partial charge in [0.15, 0.2) is 0 Å². The average molecular weight is 340 g/mol. The predicted octanol–water partition coefficient (Wildman–Crippen LogP) is 1.44. The summed E-state index contributed by atoms with van der Waals surface area (Å²) in [5.41, 5.74) is 1.19. The van der Waals surface area contributed by atoms with Gasteiger partial charge >= 0.3 is 0 Å². The van der Waals surface area contributed by atoms with Crippen molar-refractivity contribution < 1.29 is 8.42 Å². The van der Waals surface area contributed by atoms with Crippen molar-refractivity contribution in [1.82, 2.24) is 19.2 Å². The topological polar surface area (TPSA) is 67.2 Å². The fourth-order valence-electron chi connectivity index (χ4n) is 2.85. The summed E-state index contributed by atoms with van der Waals surface area (Å²) >= 11 is 1.77. The molecule has 1 unspecified atom stereocenters. The van der Waals surface area contributed by atoms with E-state index < -0.39 is 10.0 Å². The van der Waals surface area contributed by atoms with E-state index in [1.165, 1.54) is 16.8 Å². The lowest BCUT2D eigenvalue weighted by Gasteiger charge is -2.34. The van der Waals surface area contributed by atoms with Crippen molar-refractivity contribution in [2.75, 3.05) is 19.3 Å². The molecule has 0 amide bonds. The van der Waals surface area contributed by atoms with Gasteiger partial charge in [0, 0.05) is 43.3 Å². The van der Waals surface area contributed by atoms with Gasteiger partial charge in [-0.05, 0) is 17.9 Å². The van der Waals surface area contributed by atoms with Crippen molar-refractivity contribution in [1.29, 1.82) is 0 Å². The van der Waals surface area contributed by atoms with E-state index in [0.29, 0.717) is 6.54 Å². The third kappa shape index (κ3) is 3.95. The summed E-state index contributed by atoms with van der Waals surface area (Å²) in [6, 6.07) is 4.47. The van der Waals surface area contributed by atoms with Crippen LogP contribution >= 0.6 is 11.3 Å². The molecule has 1 aliphatic heterocycles. The van der Waals surface area contributed by atoms with Gasteiger partial charge in [0.25, 0.3) is 0 Å². The lowest BCUT2D eigenvalue weighted by atomic mass is 10.1. The molecule has 3 rings (SSSR count). The fraction of sp³-hybridized carbons (Fsp3) is 0.500. The summed E-state index contributed by atoms with van der Waals surface area (Å²) in [5.74, 6) is 0. The van der Waals surface area contributed by atoms with Crippen LogP contribution in [0.1, 0.15) is 23.0 Å². The molecule has 6 nitrogen and oxygen atoms in total. The molecule has 1 atom stereocenters. The van der Waals surface area contributed by atoms with E-state index in [-0.39, 0.29) is 6.04 Å². The van der Waals surface area contributed by atoms with Crippen molar-refractivity contribution in [3.8, 4) is 0 Å². The Hall–Kier alpha value is -1.22. The van der Waals surface area contributed by atoms with Crippen LogP contribution in [-0.4, -0.2) is 42.2 Å². The molecule has 0 aliphatic carbocycles. The highest BCUT2D eigenvalue weighted by molar-refractivity contribution is 7.88. The van der Waals surface area contributed by atoms with Crippen LogP contribution in [0, 0.1) is 0 Å². The quantitative estimate of drug-likeness (QED) is 0.864. The van der Waals surface area contributed by atoms with Crippen molar-refractivity contribution >= 4 is 21.4 Å². The summed E-state index contributed by atoms with van der Waals surface area (Å²) in [5, 5.41) is 2.09. The molecule has 8 heteroatoms. The Labute approximate surface area is 134 Å². The Morgan fingerprint density at radius 3 is 3.09 bits per heavy atom. The number of nitrogens with one attached hydrogen (secondary N) is 1. The Morgan fingerprint density at radius 2 is 2.36 bits per heavy atom. The van der Waals surface area contributed by atoms with Crippen molar-refractivity contribution in [3.05, 3.63) is 40.6 Å².